The molecule has 0 spiro atoms. The SMILES string of the molecule is COC(=O)c1ccc(C(=O)Nc2cccc3ncccc23)nc1. The minimum Gasteiger partial charge on any atom is -0.465 e. The number of nitrogens with one attached hydrogen (secondary N) is 1. The standard InChI is InChI=1S/C17H13N3O3/c1-23-17(22)11-7-8-15(19-10-11)16(21)20-14-6-2-5-13-12(14)4-3-9-18-13/h2-10H,1H3,(H,20,21). The fourth-order valence-electron chi connectivity index (χ4n) is 2.17. The van der Waals surface area contributed by atoms with E-state index in [1.54, 1.807) is 18.3 Å². The second-order valence-corrected chi connectivity index (χ2v) is 4.75. The van der Waals surface area contributed by atoms with Crippen molar-refractivity contribution in [3.63, 3.8) is 0 Å². The summed E-state index contributed by atoms with van der Waals surface area (Å²) in [6.07, 6.45) is 3.01. The van der Waals surface area contributed by atoms with Gasteiger partial charge in [-0.15, -0.1) is 0 Å². The predicted molar refractivity (Wildman–Crippen MR) is 85.3 cm³/mol. The summed E-state index contributed by atoms with van der Waals surface area (Å²) < 4.78 is 4.59. The van der Waals surface area contributed by atoms with Gasteiger partial charge in [0.1, 0.15) is 5.69 Å². The van der Waals surface area contributed by atoms with Crippen molar-refractivity contribution >= 4 is 28.5 Å². The molecule has 0 saturated heterocycles. The maximum absolute atomic E-state index is 12.3. The Bertz CT molecular complexity index is 870. The first-order valence-electron chi connectivity index (χ1n) is 6.88. The molecular formula is C17H13N3O3. The summed E-state index contributed by atoms with van der Waals surface area (Å²) in [6.45, 7) is 0. The number of methoxy groups -OCH3 is 1. The Morgan fingerprint density at radius 2 is 1.91 bits per heavy atom. The van der Waals surface area contributed by atoms with Crippen molar-refractivity contribution in [1.82, 2.24) is 9.97 Å². The summed E-state index contributed by atoms with van der Waals surface area (Å²) in [5.41, 5.74) is 1.94. The molecule has 0 aliphatic heterocycles. The lowest BCUT2D eigenvalue weighted by atomic mass is 10.1. The van der Waals surface area contributed by atoms with Crippen LogP contribution in [0.2, 0.25) is 0 Å². The van der Waals surface area contributed by atoms with E-state index in [-0.39, 0.29) is 11.6 Å². The third kappa shape index (κ3) is 3.01. The lowest BCUT2D eigenvalue weighted by Crippen LogP contribution is -2.14. The summed E-state index contributed by atoms with van der Waals surface area (Å²) >= 11 is 0. The predicted octanol–water partition coefficient (Wildman–Crippen LogP) is 2.67. The Balaban J connectivity index is 1.85. The van der Waals surface area contributed by atoms with Crippen LogP contribution in [0.15, 0.2) is 54.9 Å². The Hall–Kier alpha value is -3.28. The summed E-state index contributed by atoms with van der Waals surface area (Å²) in [5.74, 6) is -0.859. The van der Waals surface area contributed by atoms with Crippen LogP contribution >= 0.6 is 0 Å². The topological polar surface area (TPSA) is 81.2 Å². The maximum Gasteiger partial charge on any atom is 0.339 e. The molecule has 0 aliphatic rings. The highest BCUT2D eigenvalue weighted by Gasteiger charge is 2.12. The first-order valence-corrected chi connectivity index (χ1v) is 6.88. The molecule has 114 valence electrons. The van der Waals surface area contributed by atoms with Gasteiger partial charge >= 0.3 is 5.97 Å². The molecule has 0 saturated carbocycles. The van der Waals surface area contributed by atoms with Gasteiger partial charge in [-0.05, 0) is 36.4 Å². The van der Waals surface area contributed by atoms with Gasteiger partial charge < -0.3 is 10.1 Å². The Labute approximate surface area is 132 Å². The smallest absolute Gasteiger partial charge is 0.339 e. The molecule has 1 amide bonds. The summed E-state index contributed by atoms with van der Waals surface area (Å²) in [5, 5.41) is 3.65. The van der Waals surface area contributed by atoms with Gasteiger partial charge in [-0.1, -0.05) is 6.07 Å². The molecule has 23 heavy (non-hydrogen) atoms. The van der Waals surface area contributed by atoms with Crippen molar-refractivity contribution in [2.45, 2.75) is 0 Å². The number of anilines is 1. The molecule has 1 N–H and O–H groups in total. The van der Waals surface area contributed by atoms with Crippen LogP contribution in [0.4, 0.5) is 5.69 Å². The van der Waals surface area contributed by atoms with Crippen LogP contribution in [0.25, 0.3) is 10.9 Å². The number of benzene rings is 1. The van der Waals surface area contributed by atoms with Crippen molar-refractivity contribution in [3.05, 3.63) is 66.1 Å². The fourth-order valence-corrected chi connectivity index (χ4v) is 2.17. The number of hydrogen-bond acceptors (Lipinski definition) is 5. The Morgan fingerprint density at radius 3 is 2.65 bits per heavy atom. The second-order valence-electron chi connectivity index (χ2n) is 4.75. The largest absolute Gasteiger partial charge is 0.465 e. The highest BCUT2D eigenvalue weighted by Crippen LogP contribution is 2.21. The van der Waals surface area contributed by atoms with E-state index < -0.39 is 5.97 Å². The van der Waals surface area contributed by atoms with E-state index >= 15 is 0 Å². The van der Waals surface area contributed by atoms with Crippen LogP contribution in [-0.2, 0) is 4.74 Å². The van der Waals surface area contributed by atoms with Gasteiger partial charge in [-0.3, -0.25) is 14.8 Å². The zero-order valence-electron chi connectivity index (χ0n) is 12.3. The lowest BCUT2D eigenvalue weighted by molar-refractivity contribution is 0.0600. The number of hydrogen-bond donors (Lipinski definition) is 1. The van der Waals surface area contributed by atoms with Crippen molar-refractivity contribution in [2.75, 3.05) is 12.4 Å². The number of ether oxygens (including phenoxy) is 1. The van der Waals surface area contributed by atoms with E-state index in [1.807, 2.05) is 18.2 Å². The summed E-state index contributed by atoms with van der Waals surface area (Å²) in [4.78, 5) is 31.9. The monoisotopic (exact) mass is 307 g/mol. The quantitative estimate of drug-likeness (QED) is 0.752. The Kier molecular flexibility index (Phi) is 3.97. The number of aromatic nitrogens is 2. The van der Waals surface area contributed by atoms with Gasteiger partial charge in [0.05, 0.1) is 23.9 Å². The summed E-state index contributed by atoms with van der Waals surface area (Å²) in [6, 6.07) is 12.1. The first-order chi connectivity index (χ1) is 11.2. The highest BCUT2D eigenvalue weighted by molar-refractivity contribution is 6.07. The molecule has 0 fully saturated rings. The molecule has 2 aromatic heterocycles. The van der Waals surface area contributed by atoms with E-state index in [0.29, 0.717) is 11.3 Å². The number of pyridine rings is 2. The van der Waals surface area contributed by atoms with Crippen LogP contribution in [0.3, 0.4) is 0 Å². The van der Waals surface area contributed by atoms with Crippen LogP contribution < -0.4 is 5.32 Å². The fraction of sp³-hybridized carbons (Fsp3) is 0.0588. The van der Waals surface area contributed by atoms with Gasteiger partial charge in [0, 0.05) is 17.8 Å². The van der Waals surface area contributed by atoms with E-state index in [0.717, 1.165) is 10.9 Å². The lowest BCUT2D eigenvalue weighted by Gasteiger charge is -2.08. The number of fused-ring (bicyclic) bond motifs is 1. The molecule has 0 atom stereocenters. The number of carbonyl (C=O) groups excluding carboxylic acids is 2. The minimum atomic E-state index is -0.496. The molecule has 1 aromatic carbocycles. The van der Waals surface area contributed by atoms with Crippen molar-refractivity contribution < 1.29 is 14.3 Å². The number of carbonyl (C=O) groups is 2. The van der Waals surface area contributed by atoms with Crippen molar-refractivity contribution in [1.29, 1.82) is 0 Å². The molecular weight excluding hydrogens is 294 g/mol. The van der Waals surface area contributed by atoms with Crippen LogP contribution in [0.1, 0.15) is 20.8 Å². The molecule has 0 aliphatic carbocycles. The molecule has 6 heteroatoms. The summed E-state index contributed by atoms with van der Waals surface area (Å²) in [7, 11) is 1.29. The van der Waals surface area contributed by atoms with Crippen LogP contribution in [0, 0.1) is 0 Å². The molecule has 0 bridgehead atoms. The zero-order chi connectivity index (χ0) is 16.2. The van der Waals surface area contributed by atoms with E-state index in [4.69, 9.17) is 0 Å². The first kappa shape index (κ1) is 14.6. The molecule has 3 rings (SSSR count). The number of rotatable bonds is 3. The molecule has 2 heterocycles. The van der Waals surface area contributed by atoms with Crippen molar-refractivity contribution in [2.24, 2.45) is 0 Å². The van der Waals surface area contributed by atoms with Crippen LogP contribution in [0.5, 0.6) is 0 Å². The molecule has 3 aromatic rings. The molecule has 0 radical (unpaired) electrons. The van der Waals surface area contributed by atoms with Crippen molar-refractivity contribution in [3.8, 4) is 0 Å². The minimum absolute atomic E-state index is 0.207. The van der Waals surface area contributed by atoms with Gasteiger partial charge in [-0.2, -0.15) is 0 Å². The third-order valence-electron chi connectivity index (χ3n) is 3.31. The van der Waals surface area contributed by atoms with E-state index in [9.17, 15) is 9.59 Å². The van der Waals surface area contributed by atoms with E-state index in [2.05, 4.69) is 20.0 Å². The average Bonchev–Trinajstić information content (AvgIpc) is 2.61. The number of nitrogens with zero attached hydrogens (tertiary/aromatic N) is 2. The molecule has 0 unspecified atom stereocenters. The van der Waals surface area contributed by atoms with Gasteiger partial charge in [-0.25, -0.2) is 4.79 Å². The highest BCUT2D eigenvalue weighted by atomic mass is 16.5. The maximum atomic E-state index is 12.3. The number of amides is 1. The Morgan fingerprint density at radius 1 is 1.04 bits per heavy atom. The number of esters is 1. The van der Waals surface area contributed by atoms with Crippen LogP contribution in [-0.4, -0.2) is 29.0 Å². The van der Waals surface area contributed by atoms with Gasteiger partial charge in [0.25, 0.3) is 5.91 Å². The van der Waals surface area contributed by atoms with Gasteiger partial charge in [0.2, 0.25) is 0 Å². The second kappa shape index (κ2) is 6.23. The average molecular weight is 307 g/mol. The van der Waals surface area contributed by atoms with Gasteiger partial charge in [0.15, 0.2) is 0 Å². The molecule has 6 nitrogen and oxygen atoms in total. The zero-order valence-corrected chi connectivity index (χ0v) is 12.3. The third-order valence-corrected chi connectivity index (χ3v) is 3.31. The normalized spacial score (nSPS) is 10.3. The van der Waals surface area contributed by atoms with E-state index in [1.165, 1.54) is 25.4 Å².